The van der Waals surface area contributed by atoms with E-state index in [0.29, 0.717) is 25.7 Å². The van der Waals surface area contributed by atoms with Gasteiger partial charge in [0.1, 0.15) is 19.3 Å². The van der Waals surface area contributed by atoms with Gasteiger partial charge >= 0.3 is 39.5 Å². The summed E-state index contributed by atoms with van der Waals surface area (Å²) in [5, 5.41) is 10.6. The third kappa shape index (κ3) is 66.0. The number of hydrogen-bond acceptors (Lipinski definition) is 15. The molecule has 0 bridgehead atoms. The Labute approximate surface area is 575 Å². The van der Waals surface area contributed by atoms with Gasteiger partial charge in [0.25, 0.3) is 0 Å². The van der Waals surface area contributed by atoms with Crippen LogP contribution >= 0.6 is 15.6 Å². The molecule has 4 unspecified atom stereocenters. The van der Waals surface area contributed by atoms with Crippen molar-refractivity contribution in [2.45, 2.75) is 395 Å². The zero-order chi connectivity index (χ0) is 69.6. The molecule has 0 rings (SSSR count). The molecule has 0 aromatic heterocycles. The van der Waals surface area contributed by atoms with E-state index in [0.717, 1.165) is 120 Å². The molecule has 0 saturated carbocycles. The number of esters is 4. The van der Waals surface area contributed by atoms with Crippen molar-refractivity contribution < 1.29 is 80.2 Å². The Bertz CT molecular complexity index is 1850. The highest BCUT2D eigenvalue weighted by molar-refractivity contribution is 7.47. The zero-order valence-corrected chi connectivity index (χ0v) is 63.4. The minimum absolute atomic E-state index is 0.105. The van der Waals surface area contributed by atoms with E-state index in [4.69, 9.17) is 37.0 Å². The van der Waals surface area contributed by atoms with Crippen molar-refractivity contribution in [2.24, 2.45) is 23.7 Å². The molecule has 0 aliphatic carbocycles. The molecule has 0 aliphatic rings. The first-order chi connectivity index (χ1) is 45.2. The number of carbonyl (C=O) groups excluding carboxylic acids is 4. The fourth-order valence-electron chi connectivity index (χ4n) is 11.3. The van der Waals surface area contributed by atoms with Crippen molar-refractivity contribution in [1.82, 2.24) is 0 Å². The summed E-state index contributed by atoms with van der Waals surface area (Å²) < 4.78 is 68.5. The molecule has 0 aliphatic heterocycles. The quantitative estimate of drug-likeness (QED) is 0.0222. The van der Waals surface area contributed by atoms with Crippen LogP contribution in [0, 0.1) is 23.7 Å². The van der Waals surface area contributed by atoms with Gasteiger partial charge in [-0.05, 0) is 49.4 Å². The van der Waals surface area contributed by atoms with Gasteiger partial charge in [0.15, 0.2) is 12.2 Å². The molecule has 0 spiro atoms. The Morgan fingerprint density at radius 1 is 0.298 bits per heavy atom. The standard InChI is InChI=1S/C75H146O17P2/c1-9-67(7)53-45-37-29-25-26-32-42-50-58-75(80)92-70(61-85-72(77)55-47-39-30-23-19-15-13-11-12-14-17-21-27-35-43-51-65(3)4)63-89-93(81,82)87-59-69(76)60-88-94(83,84)90-64-71(62-86-73(78)56-48-40-34-33-38-46-54-68(8)10-2)91-74(79)57-49-41-31-24-20-16-18-22-28-36-44-52-66(5)6/h65-71,76H,9-64H2,1-8H3,(H,81,82)(H,83,84)/t67?,68?,69-,70-,71-/m1/s1. The van der Waals surface area contributed by atoms with Gasteiger partial charge in [-0.1, -0.05) is 325 Å². The second kappa shape index (κ2) is 64.4. The molecule has 0 amide bonds. The van der Waals surface area contributed by atoms with Gasteiger partial charge in [-0.15, -0.1) is 0 Å². The minimum atomic E-state index is -4.96. The van der Waals surface area contributed by atoms with Crippen molar-refractivity contribution in [2.75, 3.05) is 39.6 Å². The molecule has 0 saturated heterocycles. The summed E-state index contributed by atoms with van der Waals surface area (Å²) >= 11 is 0. The highest BCUT2D eigenvalue weighted by Crippen LogP contribution is 2.45. The first-order valence-corrected chi connectivity index (χ1v) is 41.8. The summed E-state index contributed by atoms with van der Waals surface area (Å²) in [6.45, 7) is 14.2. The molecule has 0 fully saturated rings. The topological polar surface area (TPSA) is 237 Å². The van der Waals surface area contributed by atoms with Crippen LogP contribution in [0.2, 0.25) is 0 Å². The molecule has 0 aromatic rings. The third-order valence-electron chi connectivity index (χ3n) is 18.0. The van der Waals surface area contributed by atoms with E-state index in [2.05, 4.69) is 55.4 Å². The summed E-state index contributed by atoms with van der Waals surface area (Å²) in [5.74, 6) is 0.948. The van der Waals surface area contributed by atoms with Crippen LogP contribution in [0.1, 0.15) is 376 Å². The van der Waals surface area contributed by atoms with Crippen LogP contribution in [0.3, 0.4) is 0 Å². The number of aliphatic hydroxyl groups is 1. The lowest BCUT2D eigenvalue weighted by Crippen LogP contribution is -2.30. The van der Waals surface area contributed by atoms with Gasteiger partial charge in [0.2, 0.25) is 0 Å². The van der Waals surface area contributed by atoms with Crippen molar-refractivity contribution in [1.29, 1.82) is 0 Å². The van der Waals surface area contributed by atoms with E-state index in [-0.39, 0.29) is 25.7 Å². The van der Waals surface area contributed by atoms with Crippen LogP contribution in [0.15, 0.2) is 0 Å². The maximum atomic E-state index is 13.1. The molecule has 0 heterocycles. The Hall–Kier alpha value is -1.94. The number of unbranched alkanes of at least 4 members (excludes halogenated alkanes) is 36. The predicted molar refractivity (Wildman–Crippen MR) is 381 cm³/mol. The second-order valence-electron chi connectivity index (χ2n) is 28.5. The summed E-state index contributed by atoms with van der Waals surface area (Å²) in [7, 11) is -9.91. The lowest BCUT2D eigenvalue weighted by molar-refractivity contribution is -0.161. The van der Waals surface area contributed by atoms with Gasteiger partial charge in [0.05, 0.1) is 26.4 Å². The van der Waals surface area contributed by atoms with Crippen molar-refractivity contribution >= 4 is 39.5 Å². The van der Waals surface area contributed by atoms with E-state index >= 15 is 0 Å². The highest BCUT2D eigenvalue weighted by Gasteiger charge is 2.30. The smallest absolute Gasteiger partial charge is 0.462 e. The van der Waals surface area contributed by atoms with Crippen LogP contribution in [-0.4, -0.2) is 96.7 Å². The normalized spacial score (nSPS) is 14.7. The van der Waals surface area contributed by atoms with Crippen LogP contribution < -0.4 is 0 Å². The van der Waals surface area contributed by atoms with Crippen molar-refractivity contribution in [3.63, 3.8) is 0 Å². The van der Waals surface area contributed by atoms with Gasteiger partial charge < -0.3 is 33.8 Å². The first-order valence-electron chi connectivity index (χ1n) is 38.8. The lowest BCUT2D eigenvalue weighted by Gasteiger charge is -2.21. The number of carbonyl (C=O) groups is 4. The van der Waals surface area contributed by atoms with Crippen LogP contribution in [0.25, 0.3) is 0 Å². The molecule has 7 atom stereocenters. The van der Waals surface area contributed by atoms with Crippen LogP contribution in [0.4, 0.5) is 0 Å². The molecule has 0 aromatic carbocycles. The van der Waals surface area contributed by atoms with Gasteiger partial charge in [0, 0.05) is 25.7 Å². The lowest BCUT2D eigenvalue weighted by atomic mass is 9.99. The Balaban J connectivity index is 5.23. The van der Waals surface area contributed by atoms with E-state index < -0.39 is 97.5 Å². The highest BCUT2D eigenvalue weighted by atomic mass is 31.2. The van der Waals surface area contributed by atoms with Gasteiger partial charge in [-0.25, -0.2) is 9.13 Å². The maximum Gasteiger partial charge on any atom is 0.472 e. The number of aliphatic hydroxyl groups excluding tert-OH is 1. The van der Waals surface area contributed by atoms with Crippen LogP contribution in [0.5, 0.6) is 0 Å². The molecule has 19 heteroatoms. The average Bonchev–Trinajstić information content (AvgIpc) is 1.40. The maximum absolute atomic E-state index is 13.1. The third-order valence-corrected chi connectivity index (χ3v) is 19.9. The Morgan fingerprint density at radius 3 is 0.755 bits per heavy atom. The fourth-order valence-corrected chi connectivity index (χ4v) is 12.9. The molecular formula is C75H146O17P2. The summed E-state index contributed by atoms with van der Waals surface area (Å²) in [5.41, 5.74) is 0. The van der Waals surface area contributed by atoms with Gasteiger partial charge in [-0.3, -0.25) is 37.3 Å². The minimum Gasteiger partial charge on any atom is -0.462 e. The zero-order valence-electron chi connectivity index (χ0n) is 61.6. The summed E-state index contributed by atoms with van der Waals surface area (Å²) in [4.78, 5) is 72.8. The number of rotatable bonds is 72. The number of phosphoric acid groups is 2. The molecule has 558 valence electrons. The predicted octanol–water partition coefficient (Wildman–Crippen LogP) is 21.7. The SMILES string of the molecule is CCC(C)CCCCCCCCCCC(=O)O[C@H](COC(=O)CCCCCCCCCCCCCCCCCC(C)C)COP(=O)(O)OC[C@@H](O)COP(=O)(O)OC[C@@H](COC(=O)CCCCCCCCC(C)CC)OC(=O)CCCCCCCCCCCCCC(C)C. The molecule has 3 N–H and O–H groups in total. The largest absolute Gasteiger partial charge is 0.472 e. The number of hydrogen-bond donors (Lipinski definition) is 3. The fraction of sp³-hybridized carbons (Fsp3) is 0.947. The van der Waals surface area contributed by atoms with Crippen molar-refractivity contribution in [3.05, 3.63) is 0 Å². The summed E-state index contributed by atoms with van der Waals surface area (Å²) in [6.07, 6.45) is 48.6. The van der Waals surface area contributed by atoms with Crippen molar-refractivity contribution in [3.8, 4) is 0 Å². The average molecular weight is 1380 g/mol. The van der Waals surface area contributed by atoms with E-state index in [1.807, 2.05) is 0 Å². The van der Waals surface area contributed by atoms with Crippen LogP contribution in [-0.2, 0) is 65.4 Å². The van der Waals surface area contributed by atoms with E-state index in [1.54, 1.807) is 0 Å². The van der Waals surface area contributed by atoms with E-state index in [1.165, 1.54) is 173 Å². The first kappa shape index (κ1) is 92.1. The Morgan fingerprint density at radius 2 is 0.511 bits per heavy atom. The monoisotopic (exact) mass is 1380 g/mol. The Kier molecular flexibility index (Phi) is 63.1. The van der Waals surface area contributed by atoms with Gasteiger partial charge in [-0.2, -0.15) is 0 Å². The molecular weight excluding hydrogens is 1230 g/mol. The number of phosphoric ester groups is 2. The second-order valence-corrected chi connectivity index (χ2v) is 31.4. The summed E-state index contributed by atoms with van der Waals surface area (Å²) in [6, 6.07) is 0. The molecule has 17 nitrogen and oxygen atoms in total. The molecule has 0 radical (unpaired) electrons. The molecule has 94 heavy (non-hydrogen) atoms. The number of ether oxygens (including phenoxy) is 4. The van der Waals surface area contributed by atoms with E-state index in [9.17, 15) is 43.2 Å².